The van der Waals surface area contributed by atoms with Gasteiger partial charge in [0.2, 0.25) is 0 Å². The molecular formula is C23H27ClN2O3. The summed E-state index contributed by atoms with van der Waals surface area (Å²) in [6.07, 6.45) is 3.61. The zero-order chi connectivity index (χ0) is 20.2. The van der Waals surface area contributed by atoms with Gasteiger partial charge in [0, 0.05) is 35.3 Å². The number of methoxy groups -OCH3 is 1. The Labute approximate surface area is 177 Å². The van der Waals surface area contributed by atoms with E-state index in [1.807, 2.05) is 35.2 Å². The lowest BCUT2D eigenvalue weighted by Gasteiger charge is -2.23. The second-order valence-corrected chi connectivity index (χ2v) is 8.09. The molecule has 2 aliphatic heterocycles. The molecule has 1 unspecified atom stereocenters. The van der Waals surface area contributed by atoms with Gasteiger partial charge in [0.1, 0.15) is 6.61 Å². The first-order chi connectivity index (χ1) is 14.2. The molecule has 5 nitrogen and oxygen atoms in total. The fourth-order valence-corrected chi connectivity index (χ4v) is 4.39. The first kappa shape index (κ1) is 20.0. The zero-order valence-corrected chi connectivity index (χ0v) is 17.5. The molecule has 0 radical (unpaired) electrons. The summed E-state index contributed by atoms with van der Waals surface area (Å²) in [6.45, 7) is 4.29. The fraction of sp³-hybridized carbons (Fsp3) is 0.435. The minimum Gasteiger partial charge on any atom is -0.493 e. The van der Waals surface area contributed by atoms with Crippen LogP contribution in [0.3, 0.4) is 0 Å². The summed E-state index contributed by atoms with van der Waals surface area (Å²) in [5.41, 5.74) is 1.54. The van der Waals surface area contributed by atoms with Crippen molar-refractivity contribution in [3.8, 4) is 11.5 Å². The van der Waals surface area contributed by atoms with Crippen molar-refractivity contribution in [1.82, 2.24) is 9.80 Å². The lowest BCUT2D eigenvalue weighted by molar-refractivity contribution is 0.0779. The van der Waals surface area contributed by atoms with E-state index >= 15 is 0 Å². The molecule has 1 atom stereocenters. The van der Waals surface area contributed by atoms with Crippen molar-refractivity contribution in [1.29, 1.82) is 0 Å². The third kappa shape index (κ3) is 4.51. The Morgan fingerprint density at radius 3 is 2.66 bits per heavy atom. The second-order valence-electron chi connectivity index (χ2n) is 7.68. The zero-order valence-electron chi connectivity index (χ0n) is 16.8. The third-order valence-electron chi connectivity index (χ3n) is 5.86. The van der Waals surface area contributed by atoms with Gasteiger partial charge in [-0.3, -0.25) is 9.69 Å². The van der Waals surface area contributed by atoms with Gasteiger partial charge >= 0.3 is 0 Å². The predicted molar refractivity (Wildman–Crippen MR) is 114 cm³/mol. The summed E-state index contributed by atoms with van der Waals surface area (Å²) < 4.78 is 11.4. The maximum Gasteiger partial charge on any atom is 0.254 e. The van der Waals surface area contributed by atoms with Gasteiger partial charge in [-0.25, -0.2) is 0 Å². The lowest BCUT2D eigenvalue weighted by atomic mass is 10.1. The minimum atomic E-state index is 0.0580. The number of halogens is 1. The van der Waals surface area contributed by atoms with Crippen LogP contribution in [0.2, 0.25) is 5.02 Å². The molecule has 2 fully saturated rings. The molecule has 29 heavy (non-hydrogen) atoms. The number of rotatable bonds is 6. The van der Waals surface area contributed by atoms with Crippen molar-refractivity contribution in [3.63, 3.8) is 0 Å². The van der Waals surface area contributed by atoms with Crippen molar-refractivity contribution < 1.29 is 14.3 Å². The highest BCUT2D eigenvalue weighted by atomic mass is 35.5. The highest BCUT2D eigenvalue weighted by molar-refractivity contribution is 6.31. The van der Waals surface area contributed by atoms with E-state index in [9.17, 15) is 4.79 Å². The Hall–Kier alpha value is -2.24. The summed E-state index contributed by atoms with van der Waals surface area (Å²) in [6, 6.07) is 13.5. The highest BCUT2D eigenvalue weighted by Gasteiger charge is 2.32. The van der Waals surface area contributed by atoms with Gasteiger partial charge in [-0.2, -0.15) is 0 Å². The standard InChI is InChI=1S/C23H27ClN2O3/c1-28-22-14-17(8-9-21(22)29-16-18-6-2-3-7-20(18)24)23(27)26-13-10-19(15-26)25-11-4-5-12-25/h2-3,6-9,14,19H,4-5,10-13,15-16H2,1H3. The number of carbonyl (C=O) groups is 1. The lowest BCUT2D eigenvalue weighted by Crippen LogP contribution is -2.37. The molecule has 0 saturated carbocycles. The topological polar surface area (TPSA) is 42.0 Å². The van der Waals surface area contributed by atoms with Gasteiger partial charge in [0.05, 0.1) is 7.11 Å². The van der Waals surface area contributed by atoms with E-state index in [4.69, 9.17) is 21.1 Å². The summed E-state index contributed by atoms with van der Waals surface area (Å²) >= 11 is 6.20. The van der Waals surface area contributed by atoms with E-state index in [0.29, 0.717) is 34.7 Å². The second kappa shape index (κ2) is 9.06. The number of carbonyl (C=O) groups excluding carboxylic acids is 1. The summed E-state index contributed by atoms with van der Waals surface area (Å²) in [5.74, 6) is 1.21. The van der Waals surface area contributed by atoms with Crippen LogP contribution in [0.15, 0.2) is 42.5 Å². The molecule has 2 aromatic carbocycles. The molecule has 0 aliphatic carbocycles. The average molecular weight is 415 g/mol. The summed E-state index contributed by atoms with van der Waals surface area (Å²) in [7, 11) is 1.59. The van der Waals surface area contributed by atoms with Crippen LogP contribution in [-0.2, 0) is 6.61 Å². The molecule has 2 heterocycles. The maximum atomic E-state index is 13.0. The molecule has 0 spiro atoms. The number of amides is 1. The van der Waals surface area contributed by atoms with Gasteiger partial charge in [-0.1, -0.05) is 29.8 Å². The van der Waals surface area contributed by atoms with E-state index in [1.165, 1.54) is 12.8 Å². The monoisotopic (exact) mass is 414 g/mol. The van der Waals surface area contributed by atoms with Crippen LogP contribution in [0.4, 0.5) is 0 Å². The normalized spacial score (nSPS) is 19.5. The smallest absolute Gasteiger partial charge is 0.254 e. The molecule has 4 rings (SSSR count). The molecule has 0 bridgehead atoms. The van der Waals surface area contributed by atoms with Gasteiger partial charge in [0.15, 0.2) is 11.5 Å². The molecule has 0 aromatic heterocycles. The summed E-state index contributed by atoms with van der Waals surface area (Å²) in [4.78, 5) is 17.5. The van der Waals surface area contributed by atoms with Crippen LogP contribution in [0.5, 0.6) is 11.5 Å². The van der Waals surface area contributed by atoms with Gasteiger partial charge < -0.3 is 14.4 Å². The van der Waals surface area contributed by atoms with Crippen LogP contribution in [-0.4, -0.2) is 55.0 Å². The predicted octanol–water partition coefficient (Wildman–Crippen LogP) is 4.24. The average Bonchev–Trinajstić information content (AvgIpc) is 3.44. The Kier molecular flexibility index (Phi) is 6.26. The van der Waals surface area contributed by atoms with E-state index in [-0.39, 0.29) is 5.91 Å². The van der Waals surface area contributed by atoms with Gasteiger partial charge in [-0.05, 0) is 56.6 Å². The van der Waals surface area contributed by atoms with Crippen LogP contribution in [0, 0.1) is 0 Å². The highest BCUT2D eigenvalue weighted by Crippen LogP contribution is 2.31. The van der Waals surface area contributed by atoms with Crippen LogP contribution >= 0.6 is 11.6 Å². The van der Waals surface area contributed by atoms with E-state index < -0.39 is 0 Å². The number of ether oxygens (including phenoxy) is 2. The number of likely N-dealkylation sites (tertiary alicyclic amines) is 2. The van der Waals surface area contributed by atoms with Crippen LogP contribution in [0.1, 0.15) is 35.2 Å². The van der Waals surface area contributed by atoms with E-state index in [0.717, 1.165) is 38.2 Å². The molecule has 2 aromatic rings. The Morgan fingerprint density at radius 2 is 1.90 bits per heavy atom. The molecule has 2 aliphatic rings. The van der Waals surface area contributed by atoms with Crippen molar-refractivity contribution in [3.05, 3.63) is 58.6 Å². The quantitative estimate of drug-likeness (QED) is 0.709. The SMILES string of the molecule is COc1cc(C(=O)N2CCC(N3CCCC3)C2)ccc1OCc1ccccc1Cl. The van der Waals surface area contributed by atoms with E-state index in [2.05, 4.69) is 4.90 Å². The number of benzene rings is 2. The van der Waals surface area contributed by atoms with Crippen molar-refractivity contribution in [2.45, 2.75) is 31.9 Å². The fourth-order valence-electron chi connectivity index (χ4n) is 4.20. The molecule has 0 N–H and O–H groups in total. The third-order valence-corrected chi connectivity index (χ3v) is 6.23. The first-order valence-corrected chi connectivity index (χ1v) is 10.6. The van der Waals surface area contributed by atoms with Crippen molar-refractivity contribution >= 4 is 17.5 Å². The molecule has 2 saturated heterocycles. The number of nitrogens with zero attached hydrogens (tertiary/aromatic N) is 2. The molecule has 6 heteroatoms. The van der Waals surface area contributed by atoms with E-state index in [1.54, 1.807) is 19.2 Å². The number of hydrogen-bond acceptors (Lipinski definition) is 4. The van der Waals surface area contributed by atoms with Gasteiger partial charge in [-0.15, -0.1) is 0 Å². The first-order valence-electron chi connectivity index (χ1n) is 10.2. The largest absolute Gasteiger partial charge is 0.493 e. The number of hydrogen-bond donors (Lipinski definition) is 0. The Morgan fingerprint density at radius 1 is 1.10 bits per heavy atom. The van der Waals surface area contributed by atoms with Crippen molar-refractivity contribution in [2.75, 3.05) is 33.3 Å². The molecule has 154 valence electrons. The minimum absolute atomic E-state index is 0.0580. The van der Waals surface area contributed by atoms with Crippen LogP contribution < -0.4 is 9.47 Å². The Bertz CT molecular complexity index is 867. The molecule has 1 amide bonds. The van der Waals surface area contributed by atoms with Gasteiger partial charge in [0.25, 0.3) is 5.91 Å². The summed E-state index contributed by atoms with van der Waals surface area (Å²) in [5, 5.41) is 0.667. The molecular weight excluding hydrogens is 388 g/mol. The Balaban J connectivity index is 1.42. The maximum absolute atomic E-state index is 13.0. The van der Waals surface area contributed by atoms with Crippen LogP contribution in [0.25, 0.3) is 0 Å². The van der Waals surface area contributed by atoms with Crippen molar-refractivity contribution in [2.24, 2.45) is 0 Å².